The topological polar surface area (TPSA) is 52.0 Å². The molecule has 2 aromatic carbocycles. The maximum atomic E-state index is 5.85. The average molecular weight is 368 g/mol. The number of anilines is 1. The fraction of sp³-hybridized carbons (Fsp3) is 0. The van der Waals surface area contributed by atoms with Crippen molar-refractivity contribution in [3.05, 3.63) is 45.3 Å². The van der Waals surface area contributed by atoms with Crippen LogP contribution in [0.25, 0.3) is 22.6 Å². The first kappa shape index (κ1) is 11.7. The molecule has 0 saturated heterocycles. The van der Waals surface area contributed by atoms with E-state index in [4.69, 9.17) is 10.2 Å². The van der Waals surface area contributed by atoms with E-state index in [1.54, 1.807) is 0 Å². The van der Waals surface area contributed by atoms with Crippen molar-refractivity contribution in [3.63, 3.8) is 0 Å². The number of halogens is 2. The second-order valence-electron chi connectivity index (χ2n) is 3.87. The Bertz CT molecular complexity index is 737. The third-order valence-electron chi connectivity index (χ3n) is 2.59. The Hall–Kier alpha value is -1.33. The third kappa shape index (κ3) is 2.04. The number of rotatable bonds is 1. The zero-order valence-electron chi connectivity index (χ0n) is 9.15. The van der Waals surface area contributed by atoms with Crippen LogP contribution in [-0.2, 0) is 0 Å². The predicted octanol–water partition coefficient (Wildman–Crippen LogP) is 4.60. The number of nitrogen functional groups attached to an aromatic ring is 1. The van der Waals surface area contributed by atoms with Crippen LogP contribution in [0.15, 0.2) is 49.8 Å². The van der Waals surface area contributed by atoms with Crippen LogP contribution in [0, 0.1) is 0 Å². The van der Waals surface area contributed by atoms with Gasteiger partial charge in [0.15, 0.2) is 5.58 Å². The van der Waals surface area contributed by atoms with Crippen molar-refractivity contribution in [3.8, 4) is 11.5 Å². The Kier molecular flexibility index (Phi) is 2.87. The Labute approximate surface area is 120 Å². The van der Waals surface area contributed by atoms with Gasteiger partial charge in [0.2, 0.25) is 5.89 Å². The molecule has 18 heavy (non-hydrogen) atoms. The second-order valence-corrected chi connectivity index (χ2v) is 5.64. The fourth-order valence-electron chi connectivity index (χ4n) is 1.70. The lowest BCUT2D eigenvalue weighted by atomic mass is 10.2. The highest BCUT2D eigenvalue weighted by Gasteiger charge is 2.09. The number of hydrogen-bond donors (Lipinski definition) is 1. The molecule has 3 rings (SSSR count). The highest BCUT2D eigenvalue weighted by Crippen LogP contribution is 2.29. The minimum atomic E-state index is 0.572. The smallest absolute Gasteiger partial charge is 0.227 e. The van der Waals surface area contributed by atoms with Gasteiger partial charge in [-0.15, -0.1) is 0 Å². The van der Waals surface area contributed by atoms with Gasteiger partial charge in [0.05, 0.1) is 0 Å². The van der Waals surface area contributed by atoms with Gasteiger partial charge >= 0.3 is 0 Å². The molecular weight excluding hydrogens is 360 g/mol. The van der Waals surface area contributed by atoms with E-state index >= 15 is 0 Å². The molecule has 0 fully saturated rings. The molecule has 90 valence electrons. The number of aromatic nitrogens is 1. The molecule has 3 aromatic rings. The third-order valence-corrected chi connectivity index (χ3v) is 3.81. The molecule has 0 aliphatic heterocycles. The van der Waals surface area contributed by atoms with Gasteiger partial charge < -0.3 is 10.2 Å². The summed E-state index contributed by atoms with van der Waals surface area (Å²) in [6.45, 7) is 0. The minimum Gasteiger partial charge on any atom is -0.436 e. The minimum absolute atomic E-state index is 0.572. The van der Waals surface area contributed by atoms with Crippen molar-refractivity contribution in [2.45, 2.75) is 0 Å². The lowest BCUT2D eigenvalue weighted by Gasteiger charge is -1.99. The van der Waals surface area contributed by atoms with Crippen LogP contribution in [0.1, 0.15) is 0 Å². The van der Waals surface area contributed by atoms with E-state index in [0.29, 0.717) is 11.6 Å². The first-order chi connectivity index (χ1) is 8.63. The Morgan fingerprint density at radius 2 is 1.89 bits per heavy atom. The molecule has 2 N–H and O–H groups in total. The summed E-state index contributed by atoms with van der Waals surface area (Å²) in [6.07, 6.45) is 0. The van der Waals surface area contributed by atoms with Gasteiger partial charge in [0, 0.05) is 20.2 Å². The number of fused-ring (bicyclic) bond motifs is 1. The first-order valence-electron chi connectivity index (χ1n) is 5.25. The van der Waals surface area contributed by atoms with E-state index in [1.165, 1.54) is 0 Å². The second kappa shape index (κ2) is 4.40. The van der Waals surface area contributed by atoms with Crippen molar-refractivity contribution < 1.29 is 4.42 Å². The maximum Gasteiger partial charge on any atom is 0.227 e. The number of benzene rings is 2. The Morgan fingerprint density at radius 1 is 1.06 bits per heavy atom. The van der Waals surface area contributed by atoms with Crippen LogP contribution in [0.4, 0.5) is 5.69 Å². The van der Waals surface area contributed by atoms with E-state index < -0.39 is 0 Å². The van der Waals surface area contributed by atoms with Crippen LogP contribution in [0.5, 0.6) is 0 Å². The molecule has 0 bridgehead atoms. The van der Waals surface area contributed by atoms with E-state index in [0.717, 1.165) is 25.6 Å². The molecule has 0 amide bonds. The standard InChI is InChI=1S/C13H8Br2N2O/c14-8-2-4-12-11(6-8)17-13(18-12)7-1-3-9(15)10(16)5-7/h1-6H,16H2. The number of nitrogens with two attached hydrogens (primary N) is 1. The van der Waals surface area contributed by atoms with Crippen molar-refractivity contribution in [2.75, 3.05) is 5.73 Å². The van der Waals surface area contributed by atoms with Gasteiger partial charge in [0.1, 0.15) is 5.52 Å². The molecule has 0 atom stereocenters. The summed E-state index contributed by atoms with van der Waals surface area (Å²) in [5.41, 5.74) is 8.96. The number of oxazole rings is 1. The van der Waals surface area contributed by atoms with Gasteiger partial charge in [-0.25, -0.2) is 4.98 Å². The predicted molar refractivity (Wildman–Crippen MR) is 79.3 cm³/mol. The lowest BCUT2D eigenvalue weighted by Crippen LogP contribution is -1.87. The molecule has 0 radical (unpaired) electrons. The maximum absolute atomic E-state index is 5.85. The molecule has 0 saturated carbocycles. The summed E-state index contributed by atoms with van der Waals surface area (Å²) in [4.78, 5) is 4.45. The van der Waals surface area contributed by atoms with E-state index in [2.05, 4.69) is 36.8 Å². The average Bonchev–Trinajstić information content (AvgIpc) is 2.75. The molecule has 1 aromatic heterocycles. The summed E-state index contributed by atoms with van der Waals surface area (Å²) in [7, 11) is 0. The first-order valence-corrected chi connectivity index (χ1v) is 6.83. The highest BCUT2D eigenvalue weighted by atomic mass is 79.9. The van der Waals surface area contributed by atoms with Gasteiger partial charge in [-0.2, -0.15) is 0 Å². The molecule has 3 nitrogen and oxygen atoms in total. The van der Waals surface area contributed by atoms with Crippen LogP contribution >= 0.6 is 31.9 Å². The summed E-state index contributed by atoms with van der Waals surface area (Å²) in [5.74, 6) is 0.572. The summed E-state index contributed by atoms with van der Waals surface area (Å²) >= 11 is 6.78. The zero-order valence-corrected chi connectivity index (χ0v) is 12.3. The molecule has 0 aliphatic carbocycles. The Morgan fingerprint density at radius 3 is 2.67 bits per heavy atom. The van der Waals surface area contributed by atoms with Crippen LogP contribution in [0.3, 0.4) is 0 Å². The van der Waals surface area contributed by atoms with Crippen molar-refractivity contribution in [1.29, 1.82) is 0 Å². The van der Waals surface area contributed by atoms with Crippen LogP contribution in [-0.4, -0.2) is 4.98 Å². The van der Waals surface area contributed by atoms with Crippen molar-refractivity contribution in [2.24, 2.45) is 0 Å². The molecule has 0 aliphatic rings. The van der Waals surface area contributed by atoms with Gasteiger partial charge in [0.25, 0.3) is 0 Å². The van der Waals surface area contributed by atoms with E-state index in [1.807, 2.05) is 36.4 Å². The summed E-state index contributed by atoms with van der Waals surface area (Å²) in [5, 5.41) is 0. The number of hydrogen-bond acceptors (Lipinski definition) is 3. The fourth-order valence-corrected chi connectivity index (χ4v) is 2.30. The molecule has 0 unspecified atom stereocenters. The summed E-state index contributed by atoms with van der Waals surface area (Å²) in [6, 6.07) is 11.4. The lowest BCUT2D eigenvalue weighted by molar-refractivity contribution is 0.620. The summed E-state index contributed by atoms with van der Waals surface area (Å²) < 4.78 is 7.54. The van der Waals surface area contributed by atoms with Gasteiger partial charge in [-0.1, -0.05) is 15.9 Å². The molecule has 0 spiro atoms. The van der Waals surface area contributed by atoms with Gasteiger partial charge in [-0.05, 0) is 52.3 Å². The SMILES string of the molecule is Nc1cc(-c2nc3cc(Br)ccc3o2)ccc1Br. The molecular formula is C13H8Br2N2O. The Balaban J connectivity index is 2.16. The quantitative estimate of drug-likeness (QED) is 0.639. The van der Waals surface area contributed by atoms with Gasteiger partial charge in [-0.3, -0.25) is 0 Å². The number of nitrogens with zero attached hydrogens (tertiary/aromatic N) is 1. The zero-order chi connectivity index (χ0) is 12.7. The monoisotopic (exact) mass is 366 g/mol. The normalized spacial score (nSPS) is 11.0. The van der Waals surface area contributed by atoms with E-state index in [-0.39, 0.29) is 0 Å². The molecule has 1 heterocycles. The van der Waals surface area contributed by atoms with Crippen molar-refractivity contribution in [1.82, 2.24) is 4.98 Å². The van der Waals surface area contributed by atoms with Crippen LogP contribution in [0.2, 0.25) is 0 Å². The van der Waals surface area contributed by atoms with E-state index in [9.17, 15) is 0 Å². The van der Waals surface area contributed by atoms with Crippen LogP contribution < -0.4 is 5.73 Å². The van der Waals surface area contributed by atoms with Crippen molar-refractivity contribution >= 4 is 48.6 Å². The largest absolute Gasteiger partial charge is 0.436 e. The highest BCUT2D eigenvalue weighted by molar-refractivity contribution is 9.10. The molecule has 5 heteroatoms.